The molecule has 0 aliphatic heterocycles. The molecular weight excluding hydrogens is 448 g/mol. The van der Waals surface area contributed by atoms with Crippen LogP contribution in [0.5, 0.6) is 0 Å². The molecule has 0 bridgehead atoms. The van der Waals surface area contributed by atoms with Crippen LogP contribution in [0.1, 0.15) is 49.5 Å². The lowest BCUT2D eigenvalue weighted by Gasteiger charge is -2.21. The van der Waals surface area contributed by atoms with Crippen molar-refractivity contribution >= 4 is 33.7 Å². The van der Waals surface area contributed by atoms with Gasteiger partial charge in [0.05, 0.1) is 0 Å². The summed E-state index contributed by atoms with van der Waals surface area (Å²) < 4.78 is 6.16. The van der Waals surface area contributed by atoms with Crippen molar-refractivity contribution in [2.24, 2.45) is 0 Å². The van der Waals surface area contributed by atoms with Gasteiger partial charge in [-0.15, -0.1) is 0 Å². The van der Waals surface area contributed by atoms with E-state index in [-0.39, 0.29) is 24.7 Å². The molecule has 2 N–H and O–H groups in total. The zero-order chi connectivity index (χ0) is 22.1. The number of halogens is 1. The second-order valence-corrected chi connectivity index (χ2v) is 8.78. The number of nitrogens with one attached hydrogen (secondary N) is 2. The second kappa shape index (κ2) is 10.9. The van der Waals surface area contributed by atoms with Crippen LogP contribution in [0.3, 0.4) is 0 Å². The van der Waals surface area contributed by atoms with Gasteiger partial charge in [0, 0.05) is 23.0 Å². The summed E-state index contributed by atoms with van der Waals surface area (Å²) in [6.07, 6.45) is 0.152. The van der Waals surface area contributed by atoms with Gasteiger partial charge in [0.25, 0.3) is 5.91 Å². The fourth-order valence-corrected chi connectivity index (χ4v) is 2.94. The van der Waals surface area contributed by atoms with E-state index in [9.17, 15) is 14.4 Å². The second-order valence-electron chi connectivity index (χ2n) is 7.86. The number of carbonyl (C=O) groups is 3. The van der Waals surface area contributed by atoms with Crippen LogP contribution in [-0.4, -0.2) is 29.4 Å². The number of esters is 1. The first-order valence-corrected chi connectivity index (χ1v) is 10.5. The van der Waals surface area contributed by atoms with E-state index in [4.69, 9.17) is 4.74 Å². The molecule has 0 fully saturated rings. The Bertz CT molecular complexity index is 861. The maximum Gasteiger partial charge on any atom is 0.306 e. The third-order valence-corrected chi connectivity index (χ3v) is 4.62. The van der Waals surface area contributed by atoms with E-state index >= 15 is 0 Å². The minimum Gasteiger partial charge on any atom is -0.460 e. The third kappa shape index (κ3) is 8.37. The summed E-state index contributed by atoms with van der Waals surface area (Å²) in [6, 6.07) is 15.4. The van der Waals surface area contributed by atoms with Crippen LogP contribution in [0.15, 0.2) is 59.1 Å². The van der Waals surface area contributed by atoms with E-state index in [0.29, 0.717) is 12.1 Å². The molecule has 30 heavy (non-hydrogen) atoms. The predicted octanol–water partition coefficient (Wildman–Crippen LogP) is 3.99. The van der Waals surface area contributed by atoms with Crippen LogP contribution in [0.25, 0.3) is 0 Å². The fourth-order valence-electron chi connectivity index (χ4n) is 2.67. The minimum atomic E-state index is -0.864. The Labute approximate surface area is 185 Å². The number of hydrogen-bond acceptors (Lipinski definition) is 4. The van der Waals surface area contributed by atoms with Crippen molar-refractivity contribution in [3.8, 4) is 0 Å². The van der Waals surface area contributed by atoms with Crippen molar-refractivity contribution in [2.45, 2.75) is 51.8 Å². The molecule has 160 valence electrons. The summed E-state index contributed by atoms with van der Waals surface area (Å²) in [5, 5.41) is 5.56. The number of benzene rings is 2. The standard InChI is InChI=1S/C23H27BrN2O4/c1-23(2,3)30-20(27)14-13-19(22(29)25-15-16-7-5-4-6-8-16)26-21(28)17-9-11-18(24)12-10-17/h4-12,19H,13-15H2,1-3H3,(H,25,29)(H,26,28). The summed E-state index contributed by atoms with van der Waals surface area (Å²) in [4.78, 5) is 37.4. The zero-order valence-corrected chi connectivity index (χ0v) is 19.0. The maximum absolute atomic E-state index is 12.7. The van der Waals surface area contributed by atoms with E-state index in [0.717, 1.165) is 10.0 Å². The van der Waals surface area contributed by atoms with E-state index in [1.807, 2.05) is 30.3 Å². The van der Waals surface area contributed by atoms with Gasteiger partial charge in [-0.2, -0.15) is 0 Å². The average molecular weight is 475 g/mol. The van der Waals surface area contributed by atoms with Gasteiger partial charge in [0.1, 0.15) is 11.6 Å². The molecule has 0 radical (unpaired) electrons. The SMILES string of the molecule is CC(C)(C)OC(=O)CCC(NC(=O)c1ccc(Br)cc1)C(=O)NCc1ccccc1. The quantitative estimate of drug-likeness (QED) is 0.566. The van der Waals surface area contributed by atoms with Gasteiger partial charge in [0.15, 0.2) is 0 Å². The van der Waals surface area contributed by atoms with Gasteiger partial charge in [-0.05, 0) is 57.0 Å². The molecule has 1 atom stereocenters. The highest BCUT2D eigenvalue weighted by Crippen LogP contribution is 2.13. The van der Waals surface area contributed by atoms with Crippen molar-refractivity contribution in [2.75, 3.05) is 0 Å². The normalized spacial score (nSPS) is 12.0. The summed E-state index contributed by atoms with van der Waals surface area (Å²) in [5.41, 5.74) is 0.760. The van der Waals surface area contributed by atoms with Gasteiger partial charge in [-0.3, -0.25) is 14.4 Å². The van der Waals surface area contributed by atoms with Crippen LogP contribution in [0.4, 0.5) is 0 Å². The number of hydrogen-bond donors (Lipinski definition) is 2. The highest BCUT2D eigenvalue weighted by molar-refractivity contribution is 9.10. The molecule has 0 aliphatic carbocycles. The first kappa shape index (κ1) is 23.6. The van der Waals surface area contributed by atoms with Crippen molar-refractivity contribution in [1.29, 1.82) is 0 Å². The van der Waals surface area contributed by atoms with Crippen molar-refractivity contribution in [3.05, 3.63) is 70.2 Å². The molecule has 1 unspecified atom stereocenters. The monoisotopic (exact) mass is 474 g/mol. The fraction of sp³-hybridized carbons (Fsp3) is 0.348. The first-order chi connectivity index (χ1) is 14.1. The zero-order valence-electron chi connectivity index (χ0n) is 17.4. The van der Waals surface area contributed by atoms with E-state index in [2.05, 4.69) is 26.6 Å². The van der Waals surface area contributed by atoms with Gasteiger partial charge in [0.2, 0.25) is 5.91 Å². The van der Waals surface area contributed by atoms with Crippen molar-refractivity contribution in [3.63, 3.8) is 0 Å². The summed E-state index contributed by atoms with van der Waals surface area (Å²) in [5.74, 6) is -1.15. The van der Waals surface area contributed by atoms with Crippen LogP contribution in [-0.2, 0) is 20.9 Å². The Kier molecular flexibility index (Phi) is 8.59. The molecular formula is C23H27BrN2O4. The Balaban J connectivity index is 2.04. The van der Waals surface area contributed by atoms with Gasteiger partial charge >= 0.3 is 5.97 Å². The van der Waals surface area contributed by atoms with Crippen LogP contribution in [0.2, 0.25) is 0 Å². The Morgan fingerprint density at radius 1 is 1.00 bits per heavy atom. The predicted molar refractivity (Wildman–Crippen MR) is 119 cm³/mol. The molecule has 2 rings (SSSR count). The molecule has 0 aliphatic rings. The molecule has 0 saturated heterocycles. The van der Waals surface area contributed by atoms with Crippen molar-refractivity contribution < 1.29 is 19.1 Å². The third-order valence-electron chi connectivity index (χ3n) is 4.09. The highest BCUT2D eigenvalue weighted by Gasteiger charge is 2.24. The lowest BCUT2D eigenvalue weighted by molar-refractivity contribution is -0.155. The van der Waals surface area contributed by atoms with E-state index in [1.54, 1.807) is 45.0 Å². The molecule has 0 heterocycles. The van der Waals surface area contributed by atoms with E-state index < -0.39 is 17.6 Å². The lowest BCUT2D eigenvalue weighted by atomic mass is 10.1. The largest absolute Gasteiger partial charge is 0.460 e. The van der Waals surface area contributed by atoms with Crippen LogP contribution >= 0.6 is 15.9 Å². The number of rotatable bonds is 8. The molecule has 2 aromatic carbocycles. The highest BCUT2D eigenvalue weighted by atomic mass is 79.9. The molecule has 6 nitrogen and oxygen atoms in total. The summed E-state index contributed by atoms with van der Waals surface area (Å²) in [7, 11) is 0. The molecule has 0 aromatic heterocycles. The van der Waals surface area contributed by atoms with Gasteiger partial charge in [-0.1, -0.05) is 46.3 Å². The van der Waals surface area contributed by atoms with Gasteiger partial charge < -0.3 is 15.4 Å². The number of amides is 2. The average Bonchev–Trinajstić information content (AvgIpc) is 2.69. The topological polar surface area (TPSA) is 84.5 Å². The maximum atomic E-state index is 12.7. The summed E-state index contributed by atoms with van der Waals surface area (Å²) >= 11 is 3.33. The van der Waals surface area contributed by atoms with Crippen molar-refractivity contribution in [1.82, 2.24) is 10.6 Å². The Morgan fingerprint density at radius 3 is 2.23 bits per heavy atom. The van der Waals surface area contributed by atoms with E-state index in [1.165, 1.54) is 0 Å². The van der Waals surface area contributed by atoms with Gasteiger partial charge in [-0.25, -0.2) is 0 Å². The number of carbonyl (C=O) groups excluding carboxylic acids is 3. The smallest absolute Gasteiger partial charge is 0.306 e. The molecule has 0 saturated carbocycles. The number of ether oxygens (including phenoxy) is 1. The van der Waals surface area contributed by atoms with Crippen LogP contribution in [0, 0.1) is 0 Å². The van der Waals surface area contributed by atoms with Crippen LogP contribution < -0.4 is 10.6 Å². The minimum absolute atomic E-state index is 0.0152. The molecule has 0 spiro atoms. The summed E-state index contributed by atoms with van der Waals surface area (Å²) in [6.45, 7) is 5.68. The molecule has 2 amide bonds. The lowest BCUT2D eigenvalue weighted by Crippen LogP contribution is -2.47. The first-order valence-electron chi connectivity index (χ1n) is 9.74. The molecule has 7 heteroatoms. The molecule has 2 aromatic rings. The Hall–Kier alpha value is -2.67. The Morgan fingerprint density at radius 2 is 1.63 bits per heavy atom.